The van der Waals surface area contributed by atoms with Crippen LogP contribution in [0.15, 0.2) is 64.5 Å². The smallest absolute Gasteiger partial charge is 0.268 e. The number of aromatic nitrogens is 1. The Balaban J connectivity index is 1.64. The molecular formula is C23H21BrN2OS. The number of hydrogen-bond acceptors (Lipinski definition) is 2. The van der Waals surface area contributed by atoms with Crippen molar-refractivity contribution in [2.45, 2.75) is 26.9 Å². The highest BCUT2D eigenvalue weighted by Gasteiger charge is 2.18. The van der Waals surface area contributed by atoms with Crippen molar-refractivity contribution in [2.24, 2.45) is 0 Å². The standard InChI is InChI=1S/C23H21BrN2OS/c1-15-5-3-7-17(9-15)13-25-23(27)20-11-21-19(12-22(24)28-21)26(20)14-18-8-4-6-16(2)10-18/h3-12H,13-14H2,1-2H3,(H,25,27). The van der Waals surface area contributed by atoms with Gasteiger partial charge in [-0.25, -0.2) is 0 Å². The van der Waals surface area contributed by atoms with Crippen molar-refractivity contribution in [3.05, 3.63) is 92.4 Å². The molecule has 0 aliphatic carbocycles. The normalized spacial score (nSPS) is 11.1. The minimum Gasteiger partial charge on any atom is -0.347 e. The van der Waals surface area contributed by atoms with Crippen LogP contribution in [-0.2, 0) is 13.1 Å². The Morgan fingerprint density at radius 3 is 2.39 bits per heavy atom. The minimum atomic E-state index is -0.0475. The van der Waals surface area contributed by atoms with Crippen molar-refractivity contribution in [1.82, 2.24) is 9.88 Å². The third kappa shape index (κ3) is 4.05. The summed E-state index contributed by atoms with van der Waals surface area (Å²) >= 11 is 5.22. The molecule has 3 nitrogen and oxygen atoms in total. The Hall–Kier alpha value is -2.37. The Bertz CT molecular complexity index is 1160. The first-order valence-electron chi connectivity index (χ1n) is 9.17. The van der Waals surface area contributed by atoms with Crippen molar-refractivity contribution in [3.8, 4) is 0 Å². The fraction of sp³-hybridized carbons (Fsp3) is 0.174. The molecular weight excluding hydrogens is 432 g/mol. The van der Waals surface area contributed by atoms with Crippen LogP contribution < -0.4 is 5.32 Å². The first kappa shape index (κ1) is 19.0. The highest BCUT2D eigenvalue weighted by molar-refractivity contribution is 9.11. The maximum Gasteiger partial charge on any atom is 0.268 e. The van der Waals surface area contributed by atoms with E-state index in [0.29, 0.717) is 18.8 Å². The summed E-state index contributed by atoms with van der Waals surface area (Å²) in [7, 11) is 0. The molecule has 2 aromatic heterocycles. The van der Waals surface area contributed by atoms with Crippen molar-refractivity contribution in [3.63, 3.8) is 0 Å². The Morgan fingerprint density at radius 1 is 1.00 bits per heavy atom. The van der Waals surface area contributed by atoms with Gasteiger partial charge in [-0.1, -0.05) is 59.7 Å². The highest BCUT2D eigenvalue weighted by atomic mass is 79.9. The van der Waals surface area contributed by atoms with Crippen LogP contribution in [0.3, 0.4) is 0 Å². The molecule has 0 aliphatic rings. The SMILES string of the molecule is Cc1cccc(CNC(=O)c2cc3sc(Br)cc3n2Cc2cccc(C)c2)c1. The molecule has 0 unspecified atom stereocenters. The number of rotatable bonds is 5. The number of thiophene rings is 1. The molecule has 2 heterocycles. The van der Waals surface area contributed by atoms with Gasteiger partial charge in [0.2, 0.25) is 0 Å². The molecule has 1 N–H and O–H groups in total. The molecule has 1 amide bonds. The van der Waals surface area contributed by atoms with Gasteiger partial charge in [-0.3, -0.25) is 4.79 Å². The molecule has 142 valence electrons. The maximum atomic E-state index is 13.0. The van der Waals surface area contributed by atoms with Crippen LogP contribution in [0.1, 0.15) is 32.7 Å². The second-order valence-electron chi connectivity index (χ2n) is 7.08. The molecule has 0 aliphatic heterocycles. The number of amides is 1. The fourth-order valence-electron chi connectivity index (χ4n) is 3.46. The number of hydrogen-bond donors (Lipinski definition) is 1. The maximum absolute atomic E-state index is 13.0. The molecule has 2 aromatic carbocycles. The molecule has 0 bridgehead atoms. The van der Waals surface area contributed by atoms with Gasteiger partial charge in [0.1, 0.15) is 5.69 Å². The van der Waals surface area contributed by atoms with Crippen LogP contribution in [0.4, 0.5) is 0 Å². The van der Waals surface area contributed by atoms with Gasteiger partial charge in [-0.15, -0.1) is 11.3 Å². The van der Waals surface area contributed by atoms with E-state index in [2.05, 4.69) is 82.1 Å². The zero-order valence-corrected chi connectivity index (χ0v) is 18.2. The van der Waals surface area contributed by atoms with E-state index in [4.69, 9.17) is 0 Å². The predicted octanol–water partition coefficient (Wildman–Crippen LogP) is 6.06. The zero-order chi connectivity index (χ0) is 19.7. The van der Waals surface area contributed by atoms with Gasteiger partial charge < -0.3 is 9.88 Å². The van der Waals surface area contributed by atoms with E-state index in [0.717, 1.165) is 19.6 Å². The van der Waals surface area contributed by atoms with Crippen molar-refractivity contribution >= 4 is 43.4 Å². The van der Waals surface area contributed by atoms with Gasteiger partial charge >= 0.3 is 0 Å². The first-order chi connectivity index (χ1) is 13.5. The lowest BCUT2D eigenvalue weighted by Crippen LogP contribution is -2.25. The summed E-state index contributed by atoms with van der Waals surface area (Å²) in [5.41, 5.74) is 6.49. The number of benzene rings is 2. The van der Waals surface area contributed by atoms with E-state index in [-0.39, 0.29) is 5.91 Å². The molecule has 0 saturated heterocycles. The van der Waals surface area contributed by atoms with Gasteiger partial charge in [0.05, 0.1) is 14.0 Å². The number of fused-ring (bicyclic) bond motifs is 1. The monoisotopic (exact) mass is 452 g/mol. The molecule has 28 heavy (non-hydrogen) atoms. The summed E-state index contributed by atoms with van der Waals surface area (Å²) in [5, 5.41) is 3.08. The van der Waals surface area contributed by atoms with E-state index in [1.54, 1.807) is 11.3 Å². The van der Waals surface area contributed by atoms with E-state index >= 15 is 0 Å². The van der Waals surface area contributed by atoms with Crippen molar-refractivity contribution in [1.29, 1.82) is 0 Å². The molecule has 0 radical (unpaired) electrons. The summed E-state index contributed by atoms with van der Waals surface area (Å²) in [5.74, 6) is -0.0475. The number of nitrogens with one attached hydrogen (secondary N) is 1. The van der Waals surface area contributed by atoms with Gasteiger partial charge in [0.15, 0.2) is 0 Å². The highest BCUT2D eigenvalue weighted by Crippen LogP contribution is 2.33. The summed E-state index contributed by atoms with van der Waals surface area (Å²) in [6.45, 7) is 5.34. The Labute approximate surface area is 177 Å². The molecule has 4 rings (SSSR count). The van der Waals surface area contributed by atoms with Gasteiger partial charge in [-0.2, -0.15) is 0 Å². The summed E-state index contributed by atoms with van der Waals surface area (Å²) < 4.78 is 4.29. The van der Waals surface area contributed by atoms with Crippen LogP contribution in [-0.4, -0.2) is 10.5 Å². The van der Waals surface area contributed by atoms with Crippen molar-refractivity contribution in [2.75, 3.05) is 0 Å². The lowest BCUT2D eigenvalue weighted by Gasteiger charge is -2.12. The predicted molar refractivity (Wildman–Crippen MR) is 120 cm³/mol. The summed E-state index contributed by atoms with van der Waals surface area (Å²) in [6.07, 6.45) is 0. The van der Waals surface area contributed by atoms with E-state index in [1.165, 1.54) is 16.7 Å². The average Bonchev–Trinajstić information content (AvgIpc) is 3.17. The molecule has 0 spiro atoms. The van der Waals surface area contributed by atoms with Crippen LogP contribution in [0, 0.1) is 13.8 Å². The van der Waals surface area contributed by atoms with Crippen LogP contribution in [0.25, 0.3) is 10.2 Å². The molecule has 0 atom stereocenters. The molecule has 4 aromatic rings. The zero-order valence-electron chi connectivity index (χ0n) is 15.8. The van der Waals surface area contributed by atoms with Crippen LogP contribution in [0.2, 0.25) is 0 Å². The van der Waals surface area contributed by atoms with Gasteiger partial charge in [0.25, 0.3) is 5.91 Å². The number of carbonyl (C=O) groups excluding carboxylic acids is 1. The Morgan fingerprint density at radius 2 is 1.68 bits per heavy atom. The lowest BCUT2D eigenvalue weighted by molar-refractivity contribution is 0.0942. The minimum absolute atomic E-state index is 0.0475. The van der Waals surface area contributed by atoms with E-state index in [9.17, 15) is 4.79 Å². The number of halogens is 1. The van der Waals surface area contributed by atoms with E-state index in [1.807, 2.05) is 18.2 Å². The third-order valence-electron chi connectivity index (χ3n) is 4.75. The molecule has 0 saturated carbocycles. The second-order valence-corrected chi connectivity index (χ2v) is 9.54. The number of carbonyl (C=O) groups is 1. The quantitative estimate of drug-likeness (QED) is 0.392. The lowest BCUT2D eigenvalue weighted by atomic mass is 10.1. The average molecular weight is 453 g/mol. The molecule has 5 heteroatoms. The van der Waals surface area contributed by atoms with E-state index < -0.39 is 0 Å². The van der Waals surface area contributed by atoms with Crippen molar-refractivity contribution < 1.29 is 4.79 Å². The number of aryl methyl sites for hydroxylation is 2. The topological polar surface area (TPSA) is 34.0 Å². The fourth-order valence-corrected chi connectivity index (χ4v) is 5.02. The van der Waals surface area contributed by atoms with Gasteiger partial charge in [-0.05, 0) is 53.0 Å². The number of nitrogens with zero attached hydrogens (tertiary/aromatic N) is 1. The summed E-state index contributed by atoms with van der Waals surface area (Å²) in [4.78, 5) is 13.0. The first-order valence-corrected chi connectivity index (χ1v) is 10.8. The largest absolute Gasteiger partial charge is 0.347 e. The molecule has 0 fully saturated rings. The van der Waals surface area contributed by atoms with Gasteiger partial charge in [0, 0.05) is 13.1 Å². The second kappa shape index (κ2) is 7.94. The third-order valence-corrected chi connectivity index (χ3v) is 6.33. The van der Waals surface area contributed by atoms with Crippen LogP contribution in [0.5, 0.6) is 0 Å². The van der Waals surface area contributed by atoms with Crippen LogP contribution >= 0.6 is 27.3 Å². The Kier molecular flexibility index (Phi) is 5.38. The summed E-state index contributed by atoms with van der Waals surface area (Å²) in [6, 6.07) is 20.7.